The molecule has 156 valence electrons. The first-order valence-electron chi connectivity index (χ1n) is 11.0. The van der Waals surface area contributed by atoms with Gasteiger partial charge in [0.25, 0.3) is 0 Å². The van der Waals surface area contributed by atoms with Crippen molar-refractivity contribution in [1.82, 2.24) is 14.7 Å². The fourth-order valence-electron chi connectivity index (χ4n) is 4.91. The van der Waals surface area contributed by atoms with Crippen LogP contribution in [0, 0.1) is 0 Å². The number of ether oxygens (including phenoxy) is 1. The monoisotopic (exact) mass is 398 g/mol. The summed E-state index contributed by atoms with van der Waals surface area (Å²) in [5, 5.41) is 0. The zero-order valence-corrected chi connectivity index (χ0v) is 17.0. The second-order valence-electron chi connectivity index (χ2n) is 8.68. The summed E-state index contributed by atoms with van der Waals surface area (Å²) in [6.07, 6.45) is 4.69. The summed E-state index contributed by atoms with van der Waals surface area (Å²) in [7, 11) is 0. The Balaban J connectivity index is 1.15. The molecular formula is C22H30N4O3. The number of anilines is 1. The first kappa shape index (κ1) is 18.9. The fraction of sp³-hybridized carbons (Fsp3) is 0.636. The Labute approximate surface area is 172 Å². The van der Waals surface area contributed by atoms with Crippen LogP contribution in [0.3, 0.4) is 0 Å². The topological polar surface area (TPSA) is 56.3 Å². The van der Waals surface area contributed by atoms with Gasteiger partial charge in [-0.15, -0.1) is 0 Å². The molecule has 0 unspecified atom stereocenters. The number of fused-ring (bicyclic) bond motifs is 1. The summed E-state index contributed by atoms with van der Waals surface area (Å²) in [4.78, 5) is 33.2. The largest absolute Gasteiger partial charge is 0.447 e. The molecule has 3 fully saturated rings. The second-order valence-corrected chi connectivity index (χ2v) is 8.68. The minimum absolute atomic E-state index is 0.259. The zero-order chi connectivity index (χ0) is 19.8. The van der Waals surface area contributed by atoms with Crippen LogP contribution in [-0.2, 0) is 22.5 Å². The number of amides is 2. The van der Waals surface area contributed by atoms with E-state index in [2.05, 4.69) is 21.9 Å². The van der Waals surface area contributed by atoms with Crippen LogP contribution in [0.2, 0.25) is 0 Å². The molecule has 0 radical (unpaired) electrons. The number of hydrogen-bond donors (Lipinski definition) is 0. The first-order valence-corrected chi connectivity index (χ1v) is 11.0. The molecule has 0 aromatic heterocycles. The van der Waals surface area contributed by atoms with Gasteiger partial charge in [0.05, 0.1) is 13.1 Å². The number of carbonyl (C=O) groups excluding carboxylic acids is 2. The Kier molecular flexibility index (Phi) is 5.18. The molecule has 3 aliphatic heterocycles. The van der Waals surface area contributed by atoms with Crippen LogP contribution in [0.4, 0.5) is 10.5 Å². The van der Waals surface area contributed by atoms with Crippen LogP contribution in [0.1, 0.15) is 30.4 Å². The molecule has 3 heterocycles. The number of cyclic esters (lactones) is 1. The van der Waals surface area contributed by atoms with Crippen molar-refractivity contribution in [3.63, 3.8) is 0 Å². The van der Waals surface area contributed by atoms with Crippen molar-refractivity contribution in [3.8, 4) is 0 Å². The maximum atomic E-state index is 12.8. The Hall–Kier alpha value is -2.12. The van der Waals surface area contributed by atoms with Gasteiger partial charge in [-0.25, -0.2) is 4.79 Å². The number of benzene rings is 1. The van der Waals surface area contributed by atoms with Crippen molar-refractivity contribution in [2.24, 2.45) is 0 Å². The molecule has 7 heteroatoms. The van der Waals surface area contributed by atoms with Crippen LogP contribution in [0.15, 0.2) is 18.2 Å². The van der Waals surface area contributed by atoms with E-state index in [0.29, 0.717) is 19.7 Å². The maximum absolute atomic E-state index is 12.8. The summed E-state index contributed by atoms with van der Waals surface area (Å²) in [5.74, 6) is 0.262. The molecule has 2 amide bonds. The van der Waals surface area contributed by atoms with E-state index in [1.165, 1.54) is 30.4 Å². The minimum Gasteiger partial charge on any atom is -0.447 e. The standard InChI is InChI=1S/C22H30N4O3/c27-21(25-10-8-24(9-11-25)19-2-1-3-19)16-23-7-6-17-14-20(5-4-18(17)15-23)26-12-13-29-22(26)28/h4-5,14,19H,1-3,6-13,15-16H2. The summed E-state index contributed by atoms with van der Waals surface area (Å²) < 4.78 is 5.05. The molecule has 0 spiro atoms. The van der Waals surface area contributed by atoms with Crippen molar-refractivity contribution in [2.75, 3.05) is 57.3 Å². The average Bonchev–Trinajstić information content (AvgIpc) is 3.13. The van der Waals surface area contributed by atoms with E-state index in [1.54, 1.807) is 4.90 Å². The van der Waals surface area contributed by atoms with E-state index >= 15 is 0 Å². The van der Waals surface area contributed by atoms with E-state index in [-0.39, 0.29) is 12.0 Å². The molecular weight excluding hydrogens is 368 g/mol. The molecule has 0 N–H and O–H groups in total. The lowest BCUT2D eigenvalue weighted by Gasteiger charge is -2.43. The minimum atomic E-state index is -0.259. The van der Waals surface area contributed by atoms with Crippen molar-refractivity contribution in [2.45, 2.75) is 38.3 Å². The van der Waals surface area contributed by atoms with E-state index < -0.39 is 0 Å². The molecule has 4 aliphatic rings. The molecule has 5 rings (SSSR count). The van der Waals surface area contributed by atoms with Gasteiger partial charge in [-0.3, -0.25) is 19.5 Å². The van der Waals surface area contributed by atoms with Crippen LogP contribution < -0.4 is 4.90 Å². The smallest absolute Gasteiger partial charge is 0.414 e. The van der Waals surface area contributed by atoms with E-state index in [9.17, 15) is 9.59 Å². The van der Waals surface area contributed by atoms with Gasteiger partial charge in [0.2, 0.25) is 5.91 Å². The van der Waals surface area contributed by atoms with E-state index in [4.69, 9.17) is 4.74 Å². The summed E-state index contributed by atoms with van der Waals surface area (Å²) in [6.45, 7) is 7.06. The predicted octanol–water partition coefficient (Wildman–Crippen LogP) is 1.70. The fourth-order valence-corrected chi connectivity index (χ4v) is 4.91. The van der Waals surface area contributed by atoms with Crippen LogP contribution in [0.5, 0.6) is 0 Å². The van der Waals surface area contributed by atoms with Crippen molar-refractivity contribution in [1.29, 1.82) is 0 Å². The normalized spacial score (nSPS) is 23.7. The highest BCUT2D eigenvalue weighted by molar-refractivity contribution is 5.89. The zero-order valence-electron chi connectivity index (χ0n) is 17.0. The molecule has 1 aromatic carbocycles. The van der Waals surface area contributed by atoms with E-state index in [1.807, 2.05) is 11.0 Å². The lowest BCUT2D eigenvalue weighted by molar-refractivity contribution is -0.135. The Morgan fingerprint density at radius 1 is 1.03 bits per heavy atom. The van der Waals surface area contributed by atoms with Crippen LogP contribution >= 0.6 is 0 Å². The summed E-state index contributed by atoms with van der Waals surface area (Å²) in [5.41, 5.74) is 3.45. The van der Waals surface area contributed by atoms with Crippen molar-refractivity contribution < 1.29 is 14.3 Å². The first-order chi connectivity index (χ1) is 14.2. The third-order valence-corrected chi connectivity index (χ3v) is 6.97. The van der Waals surface area contributed by atoms with Crippen molar-refractivity contribution >= 4 is 17.7 Å². The van der Waals surface area contributed by atoms with Crippen LogP contribution in [-0.4, -0.2) is 85.2 Å². The second kappa shape index (κ2) is 7.95. The number of hydrogen-bond acceptors (Lipinski definition) is 5. The van der Waals surface area contributed by atoms with Gasteiger partial charge in [0.15, 0.2) is 0 Å². The number of piperazine rings is 1. The molecule has 1 aliphatic carbocycles. The number of carbonyl (C=O) groups is 2. The summed E-state index contributed by atoms with van der Waals surface area (Å²) >= 11 is 0. The lowest BCUT2D eigenvalue weighted by Crippen LogP contribution is -2.55. The maximum Gasteiger partial charge on any atom is 0.414 e. The molecule has 2 saturated heterocycles. The van der Waals surface area contributed by atoms with Crippen molar-refractivity contribution in [3.05, 3.63) is 29.3 Å². The number of nitrogens with zero attached hydrogens (tertiary/aromatic N) is 4. The van der Waals surface area contributed by atoms with Gasteiger partial charge >= 0.3 is 6.09 Å². The molecule has 29 heavy (non-hydrogen) atoms. The highest BCUT2D eigenvalue weighted by Gasteiger charge is 2.30. The Morgan fingerprint density at radius 3 is 2.55 bits per heavy atom. The molecule has 7 nitrogen and oxygen atoms in total. The van der Waals surface area contributed by atoms with Gasteiger partial charge in [0, 0.05) is 51.0 Å². The lowest BCUT2D eigenvalue weighted by atomic mass is 9.91. The highest BCUT2D eigenvalue weighted by atomic mass is 16.6. The van der Waals surface area contributed by atoms with Gasteiger partial charge in [-0.05, 0) is 42.5 Å². The van der Waals surface area contributed by atoms with E-state index in [0.717, 1.165) is 57.4 Å². The quantitative estimate of drug-likeness (QED) is 0.773. The SMILES string of the molecule is O=C(CN1CCc2cc(N3CCOC3=O)ccc2C1)N1CCN(C2CCC2)CC1. The molecule has 1 aromatic rings. The third-order valence-electron chi connectivity index (χ3n) is 6.97. The summed E-state index contributed by atoms with van der Waals surface area (Å²) in [6, 6.07) is 6.99. The van der Waals surface area contributed by atoms with Gasteiger partial charge < -0.3 is 9.64 Å². The molecule has 1 saturated carbocycles. The van der Waals surface area contributed by atoms with Crippen LogP contribution in [0.25, 0.3) is 0 Å². The average molecular weight is 399 g/mol. The predicted molar refractivity (Wildman–Crippen MR) is 110 cm³/mol. The van der Waals surface area contributed by atoms with Gasteiger partial charge in [-0.1, -0.05) is 12.5 Å². The Morgan fingerprint density at radius 2 is 1.86 bits per heavy atom. The number of rotatable bonds is 4. The molecule has 0 atom stereocenters. The highest BCUT2D eigenvalue weighted by Crippen LogP contribution is 2.27. The Bertz CT molecular complexity index is 786. The third kappa shape index (κ3) is 3.85. The van der Waals surface area contributed by atoms with Gasteiger partial charge in [0.1, 0.15) is 6.61 Å². The molecule has 0 bridgehead atoms. The van der Waals surface area contributed by atoms with Gasteiger partial charge in [-0.2, -0.15) is 0 Å².